The molecule has 3 N–H and O–H groups in total. The first-order chi connectivity index (χ1) is 48.1. The second kappa shape index (κ2) is 26.4. The van der Waals surface area contributed by atoms with E-state index in [9.17, 15) is 15.3 Å². The molecule has 0 spiro atoms. The summed E-state index contributed by atoms with van der Waals surface area (Å²) in [5, 5.41) is 32.5. The van der Waals surface area contributed by atoms with E-state index < -0.39 is 0 Å². The van der Waals surface area contributed by atoms with Gasteiger partial charge in [-0.2, -0.15) is 0 Å². The third-order valence-corrected chi connectivity index (χ3v) is 43.4. The average molecular weight is 1420 g/mol. The molecular weight excluding hydrogens is 1260 g/mol. The van der Waals surface area contributed by atoms with E-state index in [-0.39, 0.29) is 45.9 Å². The molecule has 15 saturated carbocycles. The van der Waals surface area contributed by atoms with Crippen LogP contribution in [0.4, 0.5) is 0 Å². The molecule has 0 aromatic carbocycles. The SMILES string of the molecule is C=C(C)[C@@H]1CC[C@]2(C(=C)OC)CC[C@]3(C)C(CCC4[C@@]5(C)CC[C@H](C)[C@@](C)(CC)[C@@H]5CC[C@]43C)C12.C=C(C)[C@@H]1CC[C@]2(C(=C)OC)CC[C@]3(C)C(CCC4[C@@]5(C)CC[C@H](O)[C@@](C)(CC)[C@@H]5CC[C@]43C)C12.C=C(C)[C@@H]1CC[C@]2(CC)CC[C@]3(C)C(CCC4[C@@]5(C)CC[C@H](O)[C@@](C)(CO)[C@@H]5CC[C@]43C)C12. The van der Waals surface area contributed by atoms with Gasteiger partial charge in [0.15, 0.2) is 0 Å². The van der Waals surface area contributed by atoms with Crippen LogP contribution in [0, 0.1) is 176 Å². The lowest BCUT2D eigenvalue weighted by atomic mass is 9.31. The fourth-order valence-corrected chi connectivity index (χ4v) is 36.4. The summed E-state index contributed by atoms with van der Waals surface area (Å²) in [5.74, 6) is 13.7. The Kier molecular flexibility index (Phi) is 20.3. The van der Waals surface area contributed by atoms with Gasteiger partial charge in [0.2, 0.25) is 0 Å². The van der Waals surface area contributed by atoms with Crippen LogP contribution < -0.4 is 0 Å². The molecule has 0 aliphatic heterocycles. The summed E-state index contributed by atoms with van der Waals surface area (Å²) in [4.78, 5) is 0. The summed E-state index contributed by atoms with van der Waals surface area (Å²) in [6.45, 7) is 71.0. The first-order valence-electron chi connectivity index (χ1n) is 44.5. The molecule has 0 radical (unpaired) electrons. The number of aliphatic hydroxyl groups is 3. The van der Waals surface area contributed by atoms with E-state index in [2.05, 4.69) is 164 Å². The minimum atomic E-state index is -0.355. The Morgan fingerprint density at radius 2 is 0.680 bits per heavy atom. The zero-order chi connectivity index (χ0) is 75.2. The van der Waals surface area contributed by atoms with E-state index in [1.54, 1.807) is 0 Å². The van der Waals surface area contributed by atoms with E-state index in [0.29, 0.717) is 95.6 Å². The second-order valence-corrected chi connectivity index (χ2v) is 44.8. The summed E-state index contributed by atoms with van der Waals surface area (Å²) >= 11 is 0. The van der Waals surface area contributed by atoms with E-state index in [4.69, 9.17) is 9.47 Å². The van der Waals surface area contributed by atoms with Crippen molar-refractivity contribution in [2.24, 2.45) is 176 Å². The molecule has 584 valence electrons. The molecule has 5 nitrogen and oxygen atoms in total. The number of hydrogen-bond donors (Lipinski definition) is 3. The smallest absolute Gasteiger partial charge is 0.0948 e. The van der Waals surface area contributed by atoms with Gasteiger partial charge >= 0.3 is 0 Å². The molecule has 33 atom stereocenters. The lowest BCUT2D eigenvalue weighted by Crippen LogP contribution is -2.67. The van der Waals surface area contributed by atoms with Gasteiger partial charge in [-0.05, 0) is 379 Å². The Morgan fingerprint density at radius 1 is 0.340 bits per heavy atom. The standard InChI is InChI=1S/C34H56O.C33H54O2.C31H52O2/c1-11-30(6)23(4)14-17-31(7)27(30)16-18-33(9)28(31)13-12-26-29-25(22(2)3)15-19-34(29,24(5)35-10)21-20-32(26,33)8;1-10-29(5)25-14-17-32(8)26(30(25,6)16-15-27(29)34)12-11-24-28-23(21(2)3)13-18-33(28,22(4)35-9)20-19-31(24,32)7;1-8-31-16-11-21(20(2)3)26(31)22-9-10-24-27(4)14-13-25(33)28(5,19-32)23(27)12-15-30(24,7)29(22,6)17-18-31/h23,25-29H,2,5,11-21H2,1,3-4,6-10H3;23-28,34H,2,4,10-20H2,1,3,5-9H3;21-26,32-33H,2,8-19H2,1,3-7H3/t23-,25-,26?,27-,28?,29?,30+,31-,32+,33+,34+;23-,24?,25-,26?,27-,28?,29-,30-,31+,32+,33+;21-,22?,23+,24?,25-,26?,27-,28-,29+,30+,31+/m000/s1. The summed E-state index contributed by atoms with van der Waals surface area (Å²) in [6, 6.07) is 0. The van der Waals surface area contributed by atoms with Gasteiger partial charge in [0.25, 0.3) is 0 Å². The van der Waals surface area contributed by atoms with Crippen molar-refractivity contribution in [3.63, 3.8) is 0 Å². The predicted molar refractivity (Wildman–Crippen MR) is 431 cm³/mol. The van der Waals surface area contributed by atoms with E-state index >= 15 is 0 Å². The molecule has 103 heavy (non-hydrogen) atoms. The lowest BCUT2D eigenvalue weighted by Gasteiger charge is -2.73. The van der Waals surface area contributed by atoms with E-state index in [0.717, 1.165) is 90.5 Å². The third-order valence-electron chi connectivity index (χ3n) is 43.4. The molecule has 0 aromatic heterocycles. The maximum atomic E-state index is 11.1. The maximum Gasteiger partial charge on any atom is 0.0948 e. The van der Waals surface area contributed by atoms with Crippen molar-refractivity contribution >= 4 is 0 Å². The number of ether oxygens (including phenoxy) is 2. The molecule has 15 fully saturated rings. The Bertz CT molecular complexity index is 3100. The molecule has 15 rings (SSSR count). The van der Waals surface area contributed by atoms with Crippen LogP contribution >= 0.6 is 0 Å². The number of aliphatic hydroxyl groups excluding tert-OH is 3. The zero-order valence-corrected chi connectivity index (χ0v) is 71.1. The van der Waals surface area contributed by atoms with Gasteiger partial charge in [0.05, 0.1) is 44.6 Å². The summed E-state index contributed by atoms with van der Waals surface area (Å²) in [5.41, 5.74) is 8.78. The van der Waals surface area contributed by atoms with Gasteiger partial charge in [-0.15, -0.1) is 0 Å². The first kappa shape index (κ1) is 79.3. The molecule has 0 bridgehead atoms. The monoisotopic (exact) mass is 1420 g/mol. The van der Waals surface area contributed by atoms with Gasteiger partial charge in [-0.3, -0.25) is 0 Å². The lowest BCUT2D eigenvalue weighted by molar-refractivity contribution is -0.254. The van der Waals surface area contributed by atoms with Gasteiger partial charge in [0, 0.05) is 16.2 Å². The third kappa shape index (κ3) is 10.4. The highest BCUT2D eigenvalue weighted by atomic mass is 16.5. The topological polar surface area (TPSA) is 79.2 Å². The Balaban J connectivity index is 0.000000138. The normalized spacial score (nSPS) is 56.1. The highest BCUT2D eigenvalue weighted by Gasteiger charge is 2.76. The molecule has 0 aromatic rings. The highest BCUT2D eigenvalue weighted by molar-refractivity contribution is 5.30. The molecule has 0 saturated heterocycles. The van der Waals surface area contributed by atoms with Crippen molar-refractivity contribution in [3.8, 4) is 0 Å². The Labute approximate surface area is 634 Å². The number of fused-ring (bicyclic) bond motifs is 21. The highest BCUT2D eigenvalue weighted by Crippen LogP contribution is 2.83. The fraction of sp³-hybridized carbons (Fsp3) is 0.898. The zero-order valence-electron chi connectivity index (χ0n) is 71.1. The molecule has 15 aliphatic carbocycles. The van der Waals surface area contributed by atoms with Crippen LogP contribution in [-0.4, -0.2) is 48.4 Å². The molecule has 0 heterocycles. The van der Waals surface area contributed by atoms with Gasteiger partial charge in [0.1, 0.15) is 0 Å². The number of allylic oxidation sites excluding steroid dienone is 5. The Hall–Kier alpha value is -1.82. The van der Waals surface area contributed by atoms with Crippen LogP contribution in [0.1, 0.15) is 343 Å². The van der Waals surface area contributed by atoms with Gasteiger partial charge < -0.3 is 24.8 Å². The van der Waals surface area contributed by atoms with Crippen LogP contribution in [0.15, 0.2) is 61.1 Å². The minimum absolute atomic E-state index is 0.0699. The molecule has 15 aliphatic rings. The summed E-state index contributed by atoms with van der Waals surface area (Å²) in [7, 11) is 3.71. The quantitative estimate of drug-likeness (QED) is 0.142. The fourth-order valence-electron chi connectivity index (χ4n) is 36.4. The summed E-state index contributed by atoms with van der Waals surface area (Å²) < 4.78 is 11.9. The predicted octanol–water partition coefficient (Wildman–Crippen LogP) is 25.8. The van der Waals surface area contributed by atoms with Crippen LogP contribution in [0.3, 0.4) is 0 Å². The number of rotatable bonds is 11. The van der Waals surface area contributed by atoms with Crippen molar-refractivity contribution in [2.45, 2.75) is 356 Å². The molecule has 0 amide bonds. The maximum absolute atomic E-state index is 11.1. The van der Waals surface area contributed by atoms with Crippen molar-refractivity contribution in [3.05, 3.63) is 61.1 Å². The molecule has 5 heteroatoms. The van der Waals surface area contributed by atoms with Crippen LogP contribution in [-0.2, 0) is 9.47 Å². The van der Waals surface area contributed by atoms with Crippen LogP contribution in [0.2, 0.25) is 0 Å². The first-order valence-corrected chi connectivity index (χ1v) is 44.5. The summed E-state index contributed by atoms with van der Waals surface area (Å²) in [6.07, 6.45) is 42.4. The van der Waals surface area contributed by atoms with Crippen molar-refractivity contribution < 1.29 is 24.8 Å². The van der Waals surface area contributed by atoms with Gasteiger partial charge in [-0.25, -0.2) is 0 Å². The second-order valence-electron chi connectivity index (χ2n) is 44.8. The van der Waals surface area contributed by atoms with E-state index in [1.807, 2.05) is 14.2 Å². The van der Waals surface area contributed by atoms with Crippen molar-refractivity contribution in [2.75, 3.05) is 20.8 Å². The largest absolute Gasteiger partial charge is 0.501 e. The van der Waals surface area contributed by atoms with Gasteiger partial charge in [-0.1, -0.05) is 173 Å². The van der Waals surface area contributed by atoms with Crippen molar-refractivity contribution in [1.82, 2.24) is 0 Å². The minimum Gasteiger partial charge on any atom is -0.501 e. The van der Waals surface area contributed by atoms with Crippen LogP contribution in [0.5, 0.6) is 0 Å². The van der Waals surface area contributed by atoms with Crippen LogP contribution in [0.25, 0.3) is 0 Å². The molecule has 9 unspecified atom stereocenters. The number of hydrogen-bond acceptors (Lipinski definition) is 5. The average Bonchev–Trinajstić information content (AvgIpc) is 1.63. The molecular formula is C98H162O5. The van der Waals surface area contributed by atoms with E-state index in [1.165, 1.54) is 203 Å². The number of methoxy groups -OCH3 is 2. The Morgan fingerprint density at radius 3 is 1.05 bits per heavy atom. The van der Waals surface area contributed by atoms with Crippen molar-refractivity contribution in [1.29, 1.82) is 0 Å².